The fraction of sp³-hybridized carbons (Fsp3) is 0.750. The molecule has 21 heavy (non-hydrogen) atoms. The van der Waals surface area contributed by atoms with Crippen LogP contribution in [-0.2, 0) is 12.5 Å². The molecule has 0 bridgehead atoms. The number of aromatic nitrogens is 2. The van der Waals surface area contributed by atoms with Gasteiger partial charge in [-0.3, -0.25) is 9.48 Å². The predicted molar refractivity (Wildman–Crippen MR) is 82.3 cm³/mol. The third-order valence-electron chi connectivity index (χ3n) is 4.02. The zero-order chi connectivity index (χ0) is 15.8. The van der Waals surface area contributed by atoms with Crippen LogP contribution in [0.5, 0.6) is 0 Å². The van der Waals surface area contributed by atoms with Crippen molar-refractivity contribution in [1.82, 2.24) is 14.7 Å². The van der Waals surface area contributed by atoms with E-state index in [0.717, 1.165) is 25.1 Å². The largest absolute Gasteiger partial charge is 0.393 e. The molecule has 0 saturated carbocycles. The number of likely N-dealkylation sites (tertiary alicyclic amines) is 1. The van der Waals surface area contributed by atoms with E-state index in [9.17, 15) is 9.90 Å². The van der Waals surface area contributed by atoms with Crippen molar-refractivity contribution in [3.8, 4) is 0 Å². The molecule has 5 heteroatoms. The van der Waals surface area contributed by atoms with E-state index >= 15 is 0 Å². The summed E-state index contributed by atoms with van der Waals surface area (Å²) in [5.41, 5.74) is 1.38. The summed E-state index contributed by atoms with van der Waals surface area (Å²) in [6.07, 6.45) is 4.08. The Kier molecular flexibility index (Phi) is 4.42. The van der Waals surface area contributed by atoms with E-state index in [-0.39, 0.29) is 23.5 Å². The van der Waals surface area contributed by atoms with Crippen LogP contribution in [0.4, 0.5) is 0 Å². The van der Waals surface area contributed by atoms with Crippen molar-refractivity contribution in [1.29, 1.82) is 0 Å². The fourth-order valence-corrected chi connectivity index (χ4v) is 3.10. The molecule has 1 N–H and O–H groups in total. The zero-order valence-electron chi connectivity index (χ0n) is 13.8. The first-order valence-electron chi connectivity index (χ1n) is 7.73. The number of amides is 1. The normalized spacial score (nSPS) is 20.9. The predicted octanol–water partition coefficient (Wildman–Crippen LogP) is 2.09. The Hall–Kier alpha value is -1.36. The molecule has 2 heterocycles. The van der Waals surface area contributed by atoms with E-state index in [4.69, 9.17) is 0 Å². The number of rotatable bonds is 3. The summed E-state index contributed by atoms with van der Waals surface area (Å²) in [6, 6.07) is 0.144. The molecule has 1 aliphatic rings. The van der Waals surface area contributed by atoms with Gasteiger partial charge >= 0.3 is 0 Å². The van der Waals surface area contributed by atoms with Gasteiger partial charge in [0, 0.05) is 31.2 Å². The van der Waals surface area contributed by atoms with E-state index in [1.54, 1.807) is 11.6 Å². The Morgan fingerprint density at radius 2 is 2.19 bits per heavy atom. The molecule has 2 rings (SSSR count). The summed E-state index contributed by atoms with van der Waals surface area (Å²) >= 11 is 0. The monoisotopic (exact) mass is 293 g/mol. The van der Waals surface area contributed by atoms with Gasteiger partial charge in [-0.15, -0.1) is 0 Å². The van der Waals surface area contributed by atoms with Crippen LogP contribution in [0.15, 0.2) is 6.20 Å². The molecule has 2 unspecified atom stereocenters. The maximum atomic E-state index is 12.9. The van der Waals surface area contributed by atoms with Gasteiger partial charge in [-0.25, -0.2) is 0 Å². The van der Waals surface area contributed by atoms with Crippen LogP contribution in [0.2, 0.25) is 0 Å². The van der Waals surface area contributed by atoms with Gasteiger partial charge in [0.1, 0.15) is 0 Å². The molecular weight excluding hydrogens is 266 g/mol. The topological polar surface area (TPSA) is 58.4 Å². The number of aliphatic hydroxyl groups excluding tert-OH is 1. The molecule has 1 aliphatic heterocycles. The molecule has 1 aromatic heterocycles. The van der Waals surface area contributed by atoms with Gasteiger partial charge in [-0.05, 0) is 26.2 Å². The molecule has 118 valence electrons. The number of carbonyl (C=O) groups excluding carboxylic acids is 1. The molecule has 0 radical (unpaired) electrons. The van der Waals surface area contributed by atoms with Crippen LogP contribution in [0.3, 0.4) is 0 Å². The number of carbonyl (C=O) groups is 1. The second-order valence-corrected chi connectivity index (χ2v) is 7.19. The molecule has 0 aliphatic carbocycles. The SMILES string of the molecule is CC(O)CC1CCCN1C(=O)c1cn(C)nc1C(C)(C)C. The number of aliphatic hydroxyl groups is 1. The van der Waals surface area contributed by atoms with E-state index in [1.165, 1.54) is 0 Å². The Bertz CT molecular complexity index is 514. The second kappa shape index (κ2) is 5.79. The number of aryl methyl sites for hydroxylation is 1. The Morgan fingerprint density at radius 1 is 1.52 bits per heavy atom. The van der Waals surface area contributed by atoms with Gasteiger partial charge in [0.15, 0.2) is 0 Å². The standard InChI is InChI=1S/C16H27N3O2/c1-11(20)9-12-7-6-8-19(12)15(21)13-10-18(5)17-14(13)16(2,3)4/h10-12,20H,6-9H2,1-5H3. The van der Waals surface area contributed by atoms with Crippen molar-refractivity contribution in [2.45, 2.75) is 64.5 Å². The summed E-state index contributed by atoms with van der Waals surface area (Å²) in [4.78, 5) is 14.8. The number of hydrogen-bond donors (Lipinski definition) is 1. The maximum Gasteiger partial charge on any atom is 0.257 e. The summed E-state index contributed by atoms with van der Waals surface area (Å²) in [5.74, 6) is 0.0520. The zero-order valence-corrected chi connectivity index (χ0v) is 13.8. The van der Waals surface area contributed by atoms with Crippen molar-refractivity contribution in [3.63, 3.8) is 0 Å². The van der Waals surface area contributed by atoms with E-state index in [1.807, 2.05) is 18.1 Å². The third-order valence-corrected chi connectivity index (χ3v) is 4.02. The van der Waals surface area contributed by atoms with Crippen molar-refractivity contribution in [2.24, 2.45) is 7.05 Å². The molecule has 0 aromatic carbocycles. The highest BCUT2D eigenvalue weighted by Crippen LogP contribution is 2.29. The van der Waals surface area contributed by atoms with Gasteiger partial charge in [0.2, 0.25) is 0 Å². The summed E-state index contributed by atoms with van der Waals surface area (Å²) in [7, 11) is 1.85. The Labute approximate surface area is 126 Å². The van der Waals surface area contributed by atoms with Crippen molar-refractivity contribution < 1.29 is 9.90 Å². The molecule has 1 fully saturated rings. The van der Waals surface area contributed by atoms with Gasteiger partial charge < -0.3 is 10.0 Å². The van der Waals surface area contributed by atoms with Gasteiger partial charge in [-0.2, -0.15) is 5.10 Å². The minimum atomic E-state index is -0.376. The van der Waals surface area contributed by atoms with Gasteiger partial charge in [0.25, 0.3) is 5.91 Å². The first kappa shape index (κ1) is 16.0. The first-order chi connectivity index (χ1) is 9.70. The summed E-state index contributed by atoms with van der Waals surface area (Å²) < 4.78 is 1.72. The van der Waals surface area contributed by atoms with E-state index < -0.39 is 0 Å². The van der Waals surface area contributed by atoms with Crippen LogP contribution in [0, 0.1) is 0 Å². The molecule has 0 spiro atoms. The smallest absolute Gasteiger partial charge is 0.257 e. The van der Waals surface area contributed by atoms with Crippen LogP contribution < -0.4 is 0 Å². The van der Waals surface area contributed by atoms with Gasteiger partial charge in [0.05, 0.1) is 17.4 Å². The second-order valence-electron chi connectivity index (χ2n) is 7.19. The maximum absolute atomic E-state index is 12.9. The highest BCUT2D eigenvalue weighted by molar-refractivity contribution is 5.95. The van der Waals surface area contributed by atoms with Gasteiger partial charge in [-0.1, -0.05) is 20.8 Å². The fourth-order valence-electron chi connectivity index (χ4n) is 3.10. The Balaban J connectivity index is 2.28. The lowest BCUT2D eigenvalue weighted by molar-refractivity contribution is 0.0679. The van der Waals surface area contributed by atoms with Crippen molar-refractivity contribution >= 4 is 5.91 Å². The lowest BCUT2D eigenvalue weighted by Crippen LogP contribution is -2.38. The third kappa shape index (κ3) is 3.46. The van der Waals surface area contributed by atoms with Crippen LogP contribution in [-0.4, -0.2) is 44.4 Å². The van der Waals surface area contributed by atoms with Crippen LogP contribution in [0.25, 0.3) is 0 Å². The molecule has 1 saturated heterocycles. The van der Waals surface area contributed by atoms with Crippen LogP contribution >= 0.6 is 0 Å². The lowest BCUT2D eigenvalue weighted by atomic mass is 9.89. The average molecular weight is 293 g/mol. The van der Waals surface area contributed by atoms with Crippen LogP contribution in [0.1, 0.15) is 63.0 Å². The summed E-state index contributed by atoms with van der Waals surface area (Å²) in [5, 5.41) is 14.1. The summed E-state index contributed by atoms with van der Waals surface area (Å²) in [6.45, 7) is 8.77. The lowest BCUT2D eigenvalue weighted by Gasteiger charge is -2.27. The van der Waals surface area contributed by atoms with E-state index in [0.29, 0.717) is 12.0 Å². The molecule has 5 nitrogen and oxygen atoms in total. The number of hydrogen-bond acceptors (Lipinski definition) is 3. The minimum Gasteiger partial charge on any atom is -0.393 e. The Morgan fingerprint density at radius 3 is 2.76 bits per heavy atom. The molecule has 1 amide bonds. The quantitative estimate of drug-likeness (QED) is 0.928. The highest BCUT2D eigenvalue weighted by atomic mass is 16.3. The van der Waals surface area contributed by atoms with Crippen molar-refractivity contribution in [3.05, 3.63) is 17.5 Å². The van der Waals surface area contributed by atoms with Crippen molar-refractivity contribution in [2.75, 3.05) is 6.54 Å². The molecular formula is C16H27N3O2. The highest BCUT2D eigenvalue weighted by Gasteiger charge is 2.34. The van der Waals surface area contributed by atoms with E-state index in [2.05, 4.69) is 25.9 Å². The first-order valence-corrected chi connectivity index (χ1v) is 7.73. The minimum absolute atomic E-state index is 0.0520. The average Bonchev–Trinajstić information content (AvgIpc) is 2.93. The molecule has 2 atom stereocenters. The molecule has 1 aromatic rings. The number of nitrogens with zero attached hydrogens (tertiary/aromatic N) is 3.